The normalized spacial score (nSPS) is 14.4. The lowest BCUT2D eigenvalue weighted by Gasteiger charge is -2.26. The molecule has 0 atom stereocenters. The lowest BCUT2D eigenvalue weighted by molar-refractivity contribution is -0.121. The predicted octanol–water partition coefficient (Wildman–Crippen LogP) is 3.45. The van der Waals surface area contributed by atoms with E-state index in [4.69, 9.17) is 17.0 Å². The maximum atomic E-state index is 12.5. The predicted molar refractivity (Wildman–Crippen MR) is 127 cm³/mol. The second-order valence-corrected chi connectivity index (χ2v) is 8.50. The summed E-state index contributed by atoms with van der Waals surface area (Å²) >= 11 is 5.38. The minimum absolute atomic E-state index is 0.0122. The average Bonchev–Trinajstić information content (AvgIpc) is 3.17. The number of nitrogens with one attached hydrogen (secondary N) is 2. The number of aromatic amines is 1. The van der Waals surface area contributed by atoms with Crippen molar-refractivity contribution < 1.29 is 9.53 Å². The third-order valence-electron chi connectivity index (χ3n) is 5.59. The Labute approximate surface area is 193 Å². The fraction of sp³-hybridized carbons (Fsp3) is 0.375. The summed E-state index contributed by atoms with van der Waals surface area (Å²) in [6.07, 6.45) is 0.333. The van der Waals surface area contributed by atoms with Crippen molar-refractivity contribution in [3.8, 4) is 11.4 Å². The van der Waals surface area contributed by atoms with Crippen LogP contribution in [0.4, 0.5) is 0 Å². The number of hydrogen-bond acceptors (Lipinski definition) is 5. The number of nitrogens with zero attached hydrogens (tertiary/aromatic N) is 3. The first-order chi connectivity index (χ1) is 15.6. The van der Waals surface area contributed by atoms with Crippen LogP contribution in [0.2, 0.25) is 0 Å². The molecular formula is C24H29N5O2S. The van der Waals surface area contributed by atoms with Gasteiger partial charge in [-0.2, -0.15) is 5.10 Å². The molecule has 1 aromatic heterocycles. The second-order valence-electron chi connectivity index (χ2n) is 8.11. The zero-order chi connectivity index (χ0) is 22.3. The number of aryl methyl sites for hydroxylation is 1. The molecule has 1 saturated heterocycles. The Morgan fingerprint density at radius 2 is 1.94 bits per heavy atom. The molecule has 168 valence electrons. The van der Waals surface area contributed by atoms with Crippen LogP contribution in [0.3, 0.4) is 0 Å². The highest BCUT2D eigenvalue weighted by Crippen LogP contribution is 2.19. The lowest BCUT2D eigenvalue weighted by atomic mass is 10.1. The molecule has 2 aromatic carbocycles. The van der Waals surface area contributed by atoms with Gasteiger partial charge in [-0.15, -0.1) is 0 Å². The number of benzene rings is 2. The molecule has 1 aliphatic rings. The monoisotopic (exact) mass is 451 g/mol. The Morgan fingerprint density at radius 3 is 2.75 bits per heavy atom. The van der Waals surface area contributed by atoms with Crippen LogP contribution in [-0.4, -0.2) is 51.9 Å². The van der Waals surface area contributed by atoms with Crippen LogP contribution >= 0.6 is 12.2 Å². The van der Waals surface area contributed by atoms with Crippen LogP contribution in [0.25, 0.3) is 11.4 Å². The summed E-state index contributed by atoms with van der Waals surface area (Å²) in [5.41, 5.74) is 4.49. The van der Waals surface area contributed by atoms with Gasteiger partial charge in [-0.1, -0.05) is 48.0 Å². The van der Waals surface area contributed by atoms with E-state index < -0.39 is 0 Å². The summed E-state index contributed by atoms with van der Waals surface area (Å²) in [6.45, 7) is 7.44. The van der Waals surface area contributed by atoms with Gasteiger partial charge in [0, 0.05) is 44.7 Å². The standard InChI is InChI=1S/C24H29N5O2S/c1-18-4-2-7-21(14-18)23-26-27-24(32)29(23)9-8-22(30)25-16-19-5-3-6-20(15-19)17-28-10-12-31-13-11-28/h2-7,14-15H,8-13,16-17H2,1H3,(H,25,30)(H,27,32). The molecule has 0 bridgehead atoms. The number of rotatable bonds is 8. The van der Waals surface area contributed by atoms with E-state index in [0.717, 1.165) is 55.4 Å². The number of carbonyl (C=O) groups is 1. The number of hydrogen-bond donors (Lipinski definition) is 2. The van der Waals surface area contributed by atoms with Crippen molar-refractivity contribution in [1.29, 1.82) is 0 Å². The largest absolute Gasteiger partial charge is 0.379 e. The van der Waals surface area contributed by atoms with Crippen molar-refractivity contribution in [3.05, 3.63) is 70.0 Å². The maximum absolute atomic E-state index is 12.5. The van der Waals surface area contributed by atoms with E-state index in [1.54, 1.807) is 0 Å². The topological polar surface area (TPSA) is 75.2 Å². The molecule has 3 aromatic rings. The molecule has 7 nitrogen and oxygen atoms in total. The van der Waals surface area contributed by atoms with Crippen molar-refractivity contribution in [3.63, 3.8) is 0 Å². The summed E-state index contributed by atoms with van der Waals surface area (Å²) in [4.78, 5) is 14.9. The number of carbonyl (C=O) groups excluding carboxylic acids is 1. The Balaban J connectivity index is 1.31. The van der Waals surface area contributed by atoms with Gasteiger partial charge in [0.15, 0.2) is 10.6 Å². The highest BCUT2D eigenvalue weighted by Gasteiger charge is 2.12. The first-order valence-electron chi connectivity index (χ1n) is 11.0. The van der Waals surface area contributed by atoms with Crippen molar-refractivity contribution in [1.82, 2.24) is 25.0 Å². The molecule has 1 amide bonds. The molecule has 2 N–H and O–H groups in total. The van der Waals surface area contributed by atoms with Gasteiger partial charge < -0.3 is 10.1 Å². The molecule has 4 rings (SSSR count). The van der Waals surface area contributed by atoms with Crippen LogP contribution in [0, 0.1) is 11.7 Å². The molecule has 0 aliphatic carbocycles. The van der Waals surface area contributed by atoms with E-state index in [1.165, 1.54) is 5.56 Å². The SMILES string of the molecule is Cc1cccc(-c2n[nH]c(=S)n2CCC(=O)NCc2cccc(CN3CCOCC3)c2)c1. The molecular weight excluding hydrogens is 422 g/mol. The zero-order valence-corrected chi connectivity index (χ0v) is 19.2. The maximum Gasteiger partial charge on any atom is 0.222 e. The molecule has 1 aliphatic heterocycles. The first-order valence-corrected chi connectivity index (χ1v) is 11.4. The van der Waals surface area contributed by atoms with E-state index in [9.17, 15) is 4.79 Å². The number of aromatic nitrogens is 3. The number of H-pyrrole nitrogens is 1. The van der Waals surface area contributed by atoms with Crippen molar-refractivity contribution in [2.24, 2.45) is 0 Å². The van der Waals surface area contributed by atoms with Gasteiger partial charge in [-0.05, 0) is 36.3 Å². The minimum Gasteiger partial charge on any atom is -0.379 e. The smallest absolute Gasteiger partial charge is 0.222 e. The van der Waals surface area contributed by atoms with E-state index in [1.807, 2.05) is 35.8 Å². The van der Waals surface area contributed by atoms with E-state index in [-0.39, 0.29) is 5.91 Å². The molecule has 0 radical (unpaired) electrons. The first kappa shape index (κ1) is 22.4. The van der Waals surface area contributed by atoms with Crippen LogP contribution in [0.5, 0.6) is 0 Å². The van der Waals surface area contributed by atoms with Crippen LogP contribution in [-0.2, 0) is 29.2 Å². The summed E-state index contributed by atoms with van der Waals surface area (Å²) < 4.78 is 7.82. The Bertz CT molecular complexity index is 1120. The number of ether oxygens (including phenoxy) is 1. The fourth-order valence-electron chi connectivity index (χ4n) is 3.89. The molecule has 8 heteroatoms. The summed E-state index contributed by atoms with van der Waals surface area (Å²) in [6, 6.07) is 16.5. The number of morpholine rings is 1. The third-order valence-corrected chi connectivity index (χ3v) is 5.90. The highest BCUT2D eigenvalue weighted by atomic mass is 32.1. The molecule has 1 fully saturated rings. The van der Waals surface area contributed by atoms with E-state index in [2.05, 4.69) is 44.7 Å². The van der Waals surface area contributed by atoms with Gasteiger partial charge >= 0.3 is 0 Å². The Kier molecular flexibility index (Phi) is 7.47. The lowest BCUT2D eigenvalue weighted by Crippen LogP contribution is -2.35. The van der Waals surface area contributed by atoms with Crippen molar-refractivity contribution >= 4 is 18.1 Å². The zero-order valence-electron chi connectivity index (χ0n) is 18.3. The van der Waals surface area contributed by atoms with Crippen LogP contribution in [0.1, 0.15) is 23.1 Å². The van der Waals surface area contributed by atoms with Gasteiger partial charge in [0.1, 0.15) is 0 Å². The summed E-state index contributed by atoms with van der Waals surface area (Å²) in [5.74, 6) is 0.740. The van der Waals surface area contributed by atoms with E-state index in [0.29, 0.717) is 24.3 Å². The Morgan fingerprint density at radius 1 is 1.16 bits per heavy atom. The van der Waals surface area contributed by atoms with Gasteiger partial charge in [0.25, 0.3) is 0 Å². The Hall–Kier alpha value is -2.81. The number of amides is 1. The van der Waals surface area contributed by atoms with Gasteiger partial charge in [-0.25, -0.2) is 0 Å². The molecule has 32 heavy (non-hydrogen) atoms. The summed E-state index contributed by atoms with van der Waals surface area (Å²) in [5, 5.41) is 10.2. The van der Waals surface area contributed by atoms with Crippen LogP contribution in [0.15, 0.2) is 48.5 Å². The van der Waals surface area contributed by atoms with Gasteiger partial charge in [0.05, 0.1) is 13.2 Å². The molecule has 0 unspecified atom stereocenters. The highest BCUT2D eigenvalue weighted by molar-refractivity contribution is 7.71. The quantitative estimate of drug-likeness (QED) is 0.513. The van der Waals surface area contributed by atoms with Crippen molar-refractivity contribution in [2.45, 2.75) is 33.0 Å². The van der Waals surface area contributed by atoms with Gasteiger partial charge in [0.2, 0.25) is 5.91 Å². The molecule has 2 heterocycles. The third kappa shape index (κ3) is 5.91. The molecule has 0 spiro atoms. The average molecular weight is 452 g/mol. The molecule has 0 saturated carbocycles. The second kappa shape index (κ2) is 10.7. The van der Waals surface area contributed by atoms with Gasteiger partial charge in [-0.3, -0.25) is 19.4 Å². The fourth-order valence-corrected chi connectivity index (χ4v) is 4.11. The van der Waals surface area contributed by atoms with Crippen molar-refractivity contribution in [2.75, 3.05) is 26.3 Å². The van der Waals surface area contributed by atoms with E-state index >= 15 is 0 Å². The summed E-state index contributed by atoms with van der Waals surface area (Å²) in [7, 11) is 0. The van der Waals surface area contributed by atoms with Crippen LogP contribution < -0.4 is 5.32 Å². The minimum atomic E-state index is -0.0122.